The maximum Gasteiger partial charge on any atom is 0.337 e. The zero-order valence-corrected chi connectivity index (χ0v) is 16.0. The van der Waals surface area contributed by atoms with Gasteiger partial charge in [-0.1, -0.05) is 12.1 Å². The van der Waals surface area contributed by atoms with E-state index in [2.05, 4.69) is 4.74 Å². The minimum absolute atomic E-state index is 0.174. The summed E-state index contributed by atoms with van der Waals surface area (Å²) in [6, 6.07) is 13.9. The smallest absolute Gasteiger partial charge is 0.337 e. The zero-order valence-electron chi connectivity index (χ0n) is 15.1. The lowest BCUT2D eigenvalue weighted by atomic mass is 10.2. The molecule has 2 aromatic rings. The predicted octanol–water partition coefficient (Wildman–Crippen LogP) is 5.03. The molecule has 0 atom stereocenters. The van der Waals surface area contributed by atoms with Crippen LogP contribution in [-0.4, -0.2) is 26.3 Å². The number of ether oxygens (including phenoxy) is 2. The number of methoxy groups -OCH3 is 1. The summed E-state index contributed by atoms with van der Waals surface area (Å²) in [5.74, 6) is 0.765. The molecule has 0 aliphatic carbocycles. The molecule has 2 rings (SSSR count). The van der Waals surface area contributed by atoms with Crippen LogP contribution in [0.2, 0.25) is 0 Å². The summed E-state index contributed by atoms with van der Waals surface area (Å²) >= 11 is 0. The van der Waals surface area contributed by atoms with Gasteiger partial charge < -0.3 is 18.5 Å². The lowest BCUT2D eigenvalue weighted by Gasteiger charge is -2.17. The lowest BCUT2D eigenvalue weighted by molar-refractivity contribution is 0.0600. The largest absolute Gasteiger partial charge is 0.465 e. The van der Waals surface area contributed by atoms with Gasteiger partial charge in [-0.25, -0.2) is 4.79 Å². The molecule has 0 heterocycles. The molecule has 0 N–H and O–H groups in total. The molecule has 0 saturated heterocycles. The molecule has 0 unspecified atom stereocenters. The van der Waals surface area contributed by atoms with E-state index in [-0.39, 0.29) is 6.16 Å². The normalized spacial score (nSPS) is 11.2. The van der Waals surface area contributed by atoms with E-state index < -0.39 is 13.6 Å². The first kappa shape index (κ1) is 20.2. The van der Waals surface area contributed by atoms with E-state index in [1.165, 1.54) is 7.11 Å². The van der Waals surface area contributed by atoms with Crippen molar-refractivity contribution >= 4 is 13.6 Å². The van der Waals surface area contributed by atoms with Gasteiger partial charge in [0.1, 0.15) is 11.5 Å². The molecule has 0 amide bonds. The number of benzene rings is 2. The van der Waals surface area contributed by atoms with Crippen LogP contribution in [-0.2, 0) is 24.5 Å². The predicted molar refractivity (Wildman–Crippen MR) is 98.9 cm³/mol. The van der Waals surface area contributed by atoms with Gasteiger partial charge >= 0.3 is 13.6 Å². The molecule has 2 aromatic carbocycles. The van der Waals surface area contributed by atoms with Gasteiger partial charge in [-0.05, 0) is 55.8 Å². The summed E-state index contributed by atoms with van der Waals surface area (Å²) in [5, 5.41) is 0. The van der Waals surface area contributed by atoms with Crippen molar-refractivity contribution in [3.8, 4) is 11.5 Å². The van der Waals surface area contributed by atoms with Crippen LogP contribution in [0.1, 0.15) is 29.8 Å². The zero-order chi connectivity index (χ0) is 19.0. The second-order valence-corrected chi connectivity index (χ2v) is 7.42. The van der Waals surface area contributed by atoms with Crippen LogP contribution in [0.25, 0.3) is 0 Å². The molecule has 0 bridgehead atoms. The molecule has 0 radical (unpaired) electrons. The lowest BCUT2D eigenvalue weighted by Crippen LogP contribution is -2.00. The summed E-state index contributed by atoms with van der Waals surface area (Å²) in [7, 11) is -1.84. The van der Waals surface area contributed by atoms with E-state index in [9.17, 15) is 9.36 Å². The van der Waals surface area contributed by atoms with Crippen LogP contribution in [0.4, 0.5) is 0 Å². The number of esters is 1. The third-order valence-corrected chi connectivity index (χ3v) is 5.49. The van der Waals surface area contributed by atoms with Crippen LogP contribution in [0.15, 0.2) is 48.5 Å². The van der Waals surface area contributed by atoms with Crippen molar-refractivity contribution in [2.45, 2.75) is 20.0 Å². The van der Waals surface area contributed by atoms with E-state index in [0.29, 0.717) is 30.3 Å². The summed E-state index contributed by atoms with van der Waals surface area (Å²) in [6.45, 7) is 4.20. The maximum atomic E-state index is 12.7. The minimum Gasteiger partial charge on any atom is -0.465 e. The van der Waals surface area contributed by atoms with Gasteiger partial charge in [0, 0.05) is 0 Å². The number of carbonyl (C=O) groups excluding carboxylic acids is 1. The Morgan fingerprint density at radius 1 is 0.962 bits per heavy atom. The molecule has 6 nitrogen and oxygen atoms in total. The molecule has 0 aliphatic heterocycles. The van der Waals surface area contributed by atoms with E-state index >= 15 is 0 Å². The van der Waals surface area contributed by atoms with Crippen LogP contribution in [0, 0.1) is 0 Å². The van der Waals surface area contributed by atoms with Crippen LogP contribution >= 0.6 is 7.60 Å². The Morgan fingerprint density at radius 3 is 2.19 bits per heavy atom. The third kappa shape index (κ3) is 5.70. The van der Waals surface area contributed by atoms with Gasteiger partial charge in [-0.15, -0.1) is 0 Å². The molecular formula is C19H23O6P. The monoisotopic (exact) mass is 378 g/mol. The Bertz CT molecular complexity index is 762. The maximum absolute atomic E-state index is 12.7. The topological polar surface area (TPSA) is 71.1 Å². The highest BCUT2D eigenvalue weighted by atomic mass is 31.2. The molecule has 0 aliphatic rings. The summed E-state index contributed by atoms with van der Waals surface area (Å²) in [6.07, 6.45) is 0.174. The minimum atomic E-state index is -3.17. The highest BCUT2D eigenvalue weighted by molar-refractivity contribution is 7.53. The molecule has 0 fully saturated rings. The van der Waals surface area contributed by atoms with Gasteiger partial charge in [0.05, 0.1) is 32.0 Å². The molecular weight excluding hydrogens is 355 g/mol. The van der Waals surface area contributed by atoms with Crippen molar-refractivity contribution in [1.82, 2.24) is 0 Å². The highest BCUT2D eigenvalue weighted by Crippen LogP contribution is 2.51. The fourth-order valence-electron chi connectivity index (χ4n) is 2.37. The first-order valence-electron chi connectivity index (χ1n) is 8.33. The summed E-state index contributed by atoms with van der Waals surface area (Å²) < 4.78 is 33.8. The number of rotatable bonds is 9. The standard InChI is InChI=1S/C19H23O6P/c1-4-23-26(21,24-5-2)14-15-7-6-8-18(13-15)25-17-11-9-16(10-12-17)19(20)22-3/h6-13H,4-5,14H2,1-3H3. The van der Waals surface area contributed by atoms with Crippen LogP contribution in [0.5, 0.6) is 11.5 Å². The first-order chi connectivity index (χ1) is 12.5. The van der Waals surface area contributed by atoms with E-state index in [1.54, 1.807) is 50.2 Å². The van der Waals surface area contributed by atoms with E-state index in [4.69, 9.17) is 13.8 Å². The number of hydrogen-bond acceptors (Lipinski definition) is 6. The molecule has 0 saturated carbocycles. The van der Waals surface area contributed by atoms with Crippen molar-refractivity contribution < 1.29 is 27.9 Å². The Hall–Kier alpha value is -2.14. The second-order valence-electron chi connectivity index (χ2n) is 5.37. The van der Waals surface area contributed by atoms with Gasteiger partial charge in [0.2, 0.25) is 0 Å². The summed E-state index contributed by atoms with van der Waals surface area (Å²) in [4.78, 5) is 11.5. The van der Waals surface area contributed by atoms with Gasteiger partial charge in [-0.3, -0.25) is 4.57 Å². The van der Waals surface area contributed by atoms with Crippen molar-refractivity contribution in [2.75, 3.05) is 20.3 Å². The quantitative estimate of drug-likeness (QED) is 0.450. The van der Waals surface area contributed by atoms with Crippen LogP contribution < -0.4 is 4.74 Å². The number of hydrogen-bond donors (Lipinski definition) is 0. The fraction of sp³-hybridized carbons (Fsp3) is 0.316. The molecule has 0 aromatic heterocycles. The first-order valence-corrected chi connectivity index (χ1v) is 10.1. The Kier molecular flexibility index (Phi) is 7.39. The Labute approximate surface area is 153 Å². The van der Waals surface area contributed by atoms with Gasteiger partial charge in [0.15, 0.2) is 0 Å². The molecule has 7 heteroatoms. The van der Waals surface area contributed by atoms with Crippen molar-refractivity contribution in [1.29, 1.82) is 0 Å². The average Bonchev–Trinajstić information content (AvgIpc) is 2.62. The van der Waals surface area contributed by atoms with Crippen molar-refractivity contribution in [3.05, 3.63) is 59.7 Å². The van der Waals surface area contributed by atoms with Crippen molar-refractivity contribution in [3.63, 3.8) is 0 Å². The van der Waals surface area contributed by atoms with Gasteiger partial charge in [-0.2, -0.15) is 0 Å². The highest BCUT2D eigenvalue weighted by Gasteiger charge is 2.24. The molecule has 26 heavy (non-hydrogen) atoms. The second kappa shape index (κ2) is 9.53. The molecule has 0 spiro atoms. The van der Waals surface area contributed by atoms with Gasteiger partial charge in [0.25, 0.3) is 0 Å². The van der Waals surface area contributed by atoms with E-state index in [1.807, 2.05) is 12.1 Å². The van der Waals surface area contributed by atoms with Crippen molar-refractivity contribution in [2.24, 2.45) is 0 Å². The third-order valence-electron chi connectivity index (χ3n) is 3.44. The molecule has 140 valence electrons. The van der Waals surface area contributed by atoms with E-state index in [0.717, 1.165) is 5.56 Å². The Morgan fingerprint density at radius 2 is 1.62 bits per heavy atom. The van der Waals surface area contributed by atoms with Crippen LogP contribution in [0.3, 0.4) is 0 Å². The summed E-state index contributed by atoms with van der Waals surface area (Å²) in [5.41, 5.74) is 1.24. The Balaban J connectivity index is 2.11. The number of carbonyl (C=O) groups is 1. The SMILES string of the molecule is CCOP(=O)(Cc1cccc(Oc2ccc(C(=O)OC)cc2)c1)OCC. The average molecular weight is 378 g/mol. The fourth-order valence-corrected chi connectivity index (χ4v) is 4.05.